The Labute approximate surface area is 324 Å². The van der Waals surface area contributed by atoms with E-state index in [1.807, 2.05) is 0 Å². The lowest BCUT2D eigenvalue weighted by Crippen LogP contribution is -2.29. The molecule has 0 rings (SSSR count). The van der Waals surface area contributed by atoms with Gasteiger partial charge >= 0.3 is 11.9 Å². The highest BCUT2D eigenvalue weighted by Gasteiger charge is 2.13. The van der Waals surface area contributed by atoms with E-state index < -0.39 is 0 Å². The van der Waals surface area contributed by atoms with Crippen LogP contribution in [0.25, 0.3) is 0 Å². The molecule has 0 aliphatic rings. The summed E-state index contributed by atoms with van der Waals surface area (Å²) in [5, 5.41) is 9.59. The van der Waals surface area contributed by atoms with Crippen molar-refractivity contribution in [2.45, 2.75) is 220 Å². The maximum atomic E-state index is 12.5. The fourth-order valence-corrected chi connectivity index (χ4v) is 7.01. The van der Waals surface area contributed by atoms with E-state index in [4.69, 9.17) is 9.47 Å². The van der Waals surface area contributed by atoms with Crippen LogP contribution in [-0.4, -0.2) is 61.4 Å². The van der Waals surface area contributed by atoms with E-state index >= 15 is 0 Å². The molecular weight excluding hydrogens is 647 g/mol. The Morgan fingerprint density at radius 3 is 1.48 bits per heavy atom. The van der Waals surface area contributed by atoms with Crippen LogP contribution in [0.3, 0.4) is 0 Å². The SMILES string of the molecule is CCCC/C=C\C(CCCCCCCC)COC(=O)CCCCCN(CCO)CCCCCC(=O)OCC(CCCCCC)CCCCCCCC. The summed E-state index contributed by atoms with van der Waals surface area (Å²) in [7, 11) is 0. The number of esters is 2. The van der Waals surface area contributed by atoms with Gasteiger partial charge in [-0.2, -0.15) is 0 Å². The van der Waals surface area contributed by atoms with Crippen LogP contribution < -0.4 is 0 Å². The van der Waals surface area contributed by atoms with Crippen LogP contribution >= 0.6 is 0 Å². The quantitative estimate of drug-likeness (QED) is 0.0383. The lowest BCUT2D eigenvalue weighted by atomic mass is 9.95. The summed E-state index contributed by atoms with van der Waals surface area (Å²) in [5.74, 6) is 0.742. The van der Waals surface area contributed by atoms with E-state index in [9.17, 15) is 14.7 Å². The van der Waals surface area contributed by atoms with Gasteiger partial charge in [0.15, 0.2) is 0 Å². The van der Waals surface area contributed by atoms with Gasteiger partial charge in [0.2, 0.25) is 0 Å². The first-order chi connectivity index (χ1) is 25.5. The average molecular weight is 736 g/mol. The highest BCUT2D eigenvalue weighted by atomic mass is 16.5. The second-order valence-electron chi connectivity index (χ2n) is 15.7. The smallest absolute Gasteiger partial charge is 0.305 e. The van der Waals surface area contributed by atoms with Crippen molar-refractivity contribution in [1.29, 1.82) is 0 Å². The number of rotatable bonds is 41. The number of aliphatic hydroxyl groups is 1. The number of unbranched alkanes of at least 4 members (excludes halogenated alkanes) is 19. The van der Waals surface area contributed by atoms with Gasteiger partial charge in [-0.1, -0.05) is 168 Å². The van der Waals surface area contributed by atoms with Gasteiger partial charge in [0.05, 0.1) is 19.8 Å². The Morgan fingerprint density at radius 1 is 0.519 bits per heavy atom. The summed E-state index contributed by atoms with van der Waals surface area (Å²) < 4.78 is 11.5. The average Bonchev–Trinajstić information content (AvgIpc) is 3.14. The Morgan fingerprint density at radius 2 is 0.962 bits per heavy atom. The van der Waals surface area contributed by atoms with E-state index in [1.165, 1.54) is 128 Å². The molecule has 308 valence electrons. The van der Waals surface area contributed by atoms with Crippen LogP contribution in [0.15, 0.2) is 12.2 Å². The lowest BCUT2D eigenvalue weighted by molar-refractivity contribution is -0.146. The molecule has 2 unspecified atom stereocenters. The predicted molar refractivity (Wildman–Crippen MR) is 223 cm³/mol. The van der Waals surface area contributed by atoms with E-state index in [1.54, 1.807) is 0 Å². The fraction of sp³-hybridized carbons (Fsp3) is 0.913. The minimum absolute atomic E-state index is 0.0380. The van der Waals surface area contributed by atoms with Gasteiger partial charge in [-0.3, -0.25) is 9.59 Å². The summed E-state index contributed by atoms with van der Waals surface area (Å²) >= 11 is 0. The number of hydrogen-bond acceptors (Lipinski definition) is 6. The Kier molecular flexibility index (Phi) is 39.7. The summed E-state index contributed by atoms with van der Waals surface area (Å²) in [6, 6.07) is 0. The summed E-state index contributed by atoms with van der Waals surface area (Å²) in [6.07, 6.45) is 39.0. The third kappa shape index (κ3) is 35.6. The second kappa shape index (κ2) is 40.8. The molecule has 2 atom stereocenters. The molecule has 0 bridgehead atoms. The van der Waals surface area contributed by atoms with Gasteiger partial charge in [-0.05, 0) is 70.4 Å². The van der Waals surface area contributed by atoms with Crippen LogP contribution in [0.5, 0.6) is 0 Å². The zero-order chi connectivity index (χ0) is 38.2. The second-order valence-corrected chi connectivity index (χ2v) is 15.7. The van der Waals surface area contributed by atoms with Crippen LogP contribution in [0, 0.1) is 11.8 Å². The van der Waals surface area contributed by atoms with Crippen molar-refractivity contribution in [3.63, 3.8) is 0 Å². The molecule has 0 fully saturated rings. The molecule has 0 aliphatic heterocycles. The molecule has 0 saturated heterocycles. The van der Waals surface area contributed by atoms with Crippen LogP contribution in [-0.2, 0) is 19.1 Å². The van der Waals surface area contributed by atoms with Crippen molar-refractivity contribution in [3.8, 4) is 0 Å². The molecule has 0 spiro atoms. The largest absolute Gasteiger partial charge is 0.465 e. The minimum atomic E-state index is -0.0686. The first-order valence-electron chi connectivity index (χ1n) is 22.8. The van der Waals surface area contributed by atoms with Gasteiger partial charge in [-0.25, -0.2) is 0 Å². The van der Waals surface area contributed by atoms with E-state index in [-0.39, 0.29) is 18.5 Å². The van der Waals surface area contributed by atoms with Crippen molar-refractivity contribution in [1.82, 2.24) is 4.90 Å². The molecule has 0 heterocycles. The maximum absolute atomic E-state index is 12.5. The van der Waals surface area contributed by atoms with Gasteiger partial charge < -0.3 is 19.5 Å². The number of aliphatic hydroxyl groups excluding tert-OH is 1. The third-order valence-corrected chi connectivity index (χ3v) is 10.6. The number of carbonyl (C=O) groups excluding carboxylic acids is 2. The molecule has 0 radical (unpaired) electrons. The number of allylic oxidation sites excluding steroid dienone is 1. The Hall–Kier alpha value is -1.40. The van der Waals surface area contributed by atoms with Gasteiger partial charge in [0, 0.05) is 25.3 Å². The summed E-state index contributed by atoms with van der Waals surface area (Å²) in [6.45, 7) is 12.8. The van der Waals surface area contributed by atoms with E-state index in [2.05, 4.69) is 44.7 Å². The lowest BCUT2D eigenvalue weighted by Gasteiger charge is -2.21. The minimum Gasteiger partial charge on any atom is -0.465 e. The zero-order valence-electron chi connectivity index (χ0n) is 35.3. The Balaban J connectivity index is 4.25. The standard InChI is InChI=1S/C46H89NO5/c1-5-9-13-17-19-25-33-43(31-23-15-11-7-3)41-51-45(49)35-27-21-29-37-47(39-40-48)38-30-22-28-36-46(50)52-42-44(32-24-16-12-8-4)34-26-20-18-14-10-6-2/h23,31,43-44,48H,5-22,24-30,32-42H2,1-4H3/b31-23-. The fourth-order valence-electron chi connectivity index (χ4n) is 7.01. The molecule has 0 saturated carbocycles. The zero-order valence-corrected chi connectivity index (χ0v) is 35.3. The molecular formula is C46H89NO5. The topological polar surface area (TPSA) is 76.1 Å². The van der Waals surface area contributed by atoms with Crippen molar-refractivity contribution in [2.75, 3.05) is 39.5 Å². The highest BCUT2D eigenvalue weighted by Crippen LogP contribution is 2.20. The number of nitrogens with zero attached hydrogens (tertiary/aromatic N) is 1. The van der Waals surface area contributed by atoms with E-state index in [0.29, 0.717) is 44.4 Å². The number of hydrogen-bond donors (Lipinski definition) is 1. The first-order valence-corrected chi connectivity index (χ1v) is 22.8. The molecule has 0 amide bonds. The van der Waals surface area contributed by atoms with Crippen molar-refractivity contribution in [2.24, 2.45) is 11.8 Å². The molecule has 0 aliphatic carbocycles. The van der Waals surface area contributed by atoms with Crippen LogP contribution in [0.4, 0.5) is 0 Å². The normalized spacial score (nSPS) is 12.9. The third-order valence-electron chi connectivity index (χ3n) is 10.6. The van der Waals surface area contributed by atoms with E-state index in [0.717, 1.165) is 64.5 Å². The highest BCUT2D eigenvalue weighted by molar-refractivity contribution is 5.69. The molecule has 52 heavy (non-hydrogen) atoms. The monoisotopic (exact) mass is 736 g/mol. The first kappa shape index (κ1) is 50.6. The molecule has 0 aromatic carbocycles. The van der Waals surface area contributed by atoms with Crippen molar-refractivity contribution < 1.29 is 24.2 Å². The van der Waals surface area contributed by atoms with Gasteiger partial charge in [0.25, 0.3) is 0 Å². The molecule has 0 aromatic heterocycles. The van der Waals surface area contributed by atoms with Crippen LogP contribution in [0.1, 0.15) is 220 Å². The Bertz CT molecular complexity index is 787. The molecule has 6 heteroatoms. The predicted octanol–water partition coefficient (Wildman–Crippen LogP) is 12.9. The van der Waals surface area contributed by atoms with Crippen LogP contribution in [0.2, 0.25) is 0 Å². The molecule has 6 nitrogen and oxygen atoms in total. The number of carbonyl (C=O) groups is 2. The maximum Gasteiger partial charge on any atom is 0.305 e. The summed E-state index contributed by atoms with van der Waals surface area (Å²) in [5.41, 5.74) is 0. The van der Waals surface area contributed by atoms with Gasteiger partial charge in [-0.15, -0.1) is 0 Å². The molecule has 1 N–H and O–H groups in total. The van der Waals surface area contributed by atoms with Crippen molar-refractivity contribution in [3.05, 3.63) is 12.2 Å². The van der Waals surface area contributed by atoms with Gasteiger partial charge in [0.1, 0.15) is 0 Å². The number of ether oxygens (including phenoxy) is 2. The molecule has 0 aromatic rings. The van der Waals surface area contributed by atoms with Crippen molar-refractivity contribution >= 4 is 11.9 Å². The summed E-state index contributed by atoms with van der Waals surface area (Å²) in [4.78, 5) is 27.4.